The van der Waals surface area contributed by atoms with E-state index in [2.05, 4.69) is 26.4 Å². The van der Waals surface area contributed by atoms with E-state index in [-0.39, 0.29) is 29.9 Å². The second-order valence-electron chi connectivity index (χ2n) is 7.12. The van der Waals surface area contributed by atoms with Crippen LogP contribution in [0.4, 0.5) is 0 Å². The lowest BCUT2D eigenvalue weighted by molar-refractivity contribution is -0.485. The van der Waals surface area contributed by atoms with E-state index in [9.17, 15) is 19.7 Å². The third-order valence-electron chi connectivity index (χ3n) is 4.70. The lowest BCUT2D eigenvalue weighted by Gasteiger charge is -2.13. The van der Waals surface area contributed by atoms with Crippen LogP contribution in [0.25, 0.3) is 0 Å². The molecule has 1 aromatic rings. The van der Waals surface area contributed by atoms with E-state index in [1.165, 1.54) is 0 Å². The molecule has 0 bridgehead atoms. The first-order chi connectivity index (χ1) is 14.4. The van der Waals surface area contributed by atoms with Gasteiger partial charge in [0.05, 0.1) is 6.04 Å². The number of nitro groups is 1. The van der Waals surface area contributed by atoms with Gasteiger partial charge in [0.1, 0.15) is 5.10 Å². The summed E-state index contributed by atoms with van der Waals surface area (Å²) in [7, 11) is 0. The Labute approximate surface area is 175 Å². The van der Waals surface area contributed by atoms with E-state index >= 15 is 0 Å². The molecule has 0 radical (unpaired) electrons. The molecule has 2 amide bonds. The molecule has 0 spiro atoms. The molecule has 0 aromatic heterocycles. The summed E-state index contributed by atoms with van der Waals surface area (Å²) >= 11 is 0. The maximum absolute atomic E-state index is 12.3. The molecule has 1 aliphatic heterocycles. The Bertz CT molecular complexity index is 742. The van der Waals surface area contributed by atoms with Gasteiger partial charge in [-0.3, -0.25) is 9.59 Å². The summed E-state index contributed by atoms with van der Waals surface area (Å²) < 4.78 is 0. The minimum Gasteiger partial charge on any atom is -0.365 e. The number of benzene rings is 1. The molecular weight excluding hydrogens is 390 g/mol. The zero-order valence-electron chi connectivity index (χ0n) is 16.8. The fraction of sp³-hybridized carbons (Fsp3) is 0.526. The molecule has 6 N–H and O–H groups in total. The molecule has 2 unspecified atom stereocenters. The monoisotopic (exact) mass is 419 g/mol. The van der Waals surface area contributed by atoms with Gasteiger partial charge in [0.2, 0.25) is 11.8 Å². The fourth-order valence-electron chi connectivity index (χ4n) is 3.18. The molecule has 164 valence electrons. The van der Waals surface area contributed by atoms with E-state index in [0.29, 0.717) is 38.9 Å². The Kier molecular flexibility index (Phi) is 9.52. The highest BCUT2D eigenvalue weighted by Crippen LogP contribution is 2.09. The minimum atomic E-state index is -0.859. The summed E-state index contributed by atoms with van der Waals surface area (Å²) in [6.07, 6.45) is 3.14. The summed E-state index contributed by atoms with van der Waals surface area (Å²) in [6.45, 7) is 1.50. The van der Waals surface area contributed by atoms with Crippen molar-refractivity contribution >= 4 is 17.8 Å². The molecule has 11 nitrogen and oxygen atoms in total. The summed E-state index contributed by atoms with van der Waals surface area (Å²) in [4.78, 5) is 34.5. The van der Waals surface area contributed by atoms with Crippen molar-refractivity contribution in [3.8, 4) is 0 Å². The highest BCUT2D eigenvalue weighted by atomic mass is 16.7. The Morgan fingerprint density at radius 1 is 1.20 bits per heavy atom. The van der Waals surface area contributed by atoms with Gasteiger partial charge < -0.3 is 27.0 Å². The standard InChI is InChI=1S/C19H29N7O4/c20-19(25-26(29)30)21-10-6-2-5-9-17(27)24-15-11-16(22-13-15)18(28)23-12-14-7-3-1-4-8-14/h1,3-4,7-8,15-16,22H,2,5-6,9-13H2,(H,23,28)(H,24,27)(H3,20,21,25). The number of unbranched alkanes of at least 4 members (excludes halogenated alkanes) is 2. The van der Waals surface area contributed by atoms with E-state index in [1.54, 1.807) is 0 Å². The van der Waals surface area contributed by atoms with Gasteiger partial charge in [0.25, 0.3) is 5.96 Å². The first kappa shape index (κ1) is 23.1. The average molecular weight is 419 g/mol. The van der Waals surface area contributed by atoms with Gasteiger partial charge in [0, 0.05) is 32.1 Å². The van der Waals surface area contributed by atoms with Crippen LogP contribution in [0.15, 0.2) is 35.4 Å². The molecule has 1 heterocycles. The van der Waals surface area contributed by atoms with Crippen LogP contribution in [-0.2, 0) is 16.1 Å². The van der Waals surface area contributed by atoms with Crippen LogP contribution in [0.1, 0.15) is 37.7 Å². The van der Waals surface area contributed by atoms with Crippen molar-refractivity contribution in [1.29, 1.82) is 0 Å². The summed E-state index contributed by atoms with van der Waals surface area (Å²) in [6, 6.07) is 9.32. The maximum atomic E-state index is 12.3. The molecule has 11 heteroatoms. The molecule has 0 saturated carbocycles. The molecule has 0 aliphatic carbocycles. The molecule has 1 fully saturated rings. The number of hydrazone groups is 1. The largest absolute Gasteiger partial charge is 0.365 e. The fourth-order valence-corrected chi connectivity index (χ4v) is 3.18. The van der Waals surface area contributed by atoms with Crippen molar-refractivity contribution in [3.05, 3.63) is 46.0 Å². The lowest BCUT2D eigenvalue weighted by Crippen LogP contribution is -2.40. The smallest absolute Gasteiger partial charge is 0.266 e. The highest BCUT2D eigenvalue weighted by Gasteiger charge is 2.29. The van der Waals surface area contributed by atoms with Gasteiger partial charge in [-0.15, -0.1) is 0 Å². The maximum Gasteiger partial charge on any atom is 0.266 e. The van der Waals surface area contributed by atoms with E-state index in [4.69, 9.17) is 5.73 Å². The molecule has 1 aliphatic rings. The van der Waals surface area contributed by atoms with Gasteiger partial charge >= 0.3 is 0 Å². The summed E-state index contributed by atoms with van der Waals surface area (Å²) in [5.41, 5.74) is 6.35. The van der Waals surface area contributed by atoms with E-state index in [1.807, 2.05) is 30.3 Å². The predicted octanol–water partition coefficient (Wildman–Crippen LogP) is -0.194. The number of nitrogens with one attached hydrogen (secondary N) is 4. The molecule has 2 atom stereocenters. The van der Waals surface area contributed by atoms with Crippen molar-refractivity contribution in [2.75, 3.05) is 13.1 Å². The quantitative estimate of drug-likeness (QED) is 0.109. The lowest BCUT2D eigenvalue weighted by atomic mass is 10.1. The number of rotatable bonds is 11. The van der Waals surface area contributed by atoms with Crippen LogP contribution >= 0.6 is 0 Å². The number of nitrogens with zero attached hydrogens (tertiary/aromatic N) is 2. The van der Waals surface area contributed by atoms with E-state index in [0.717, 1.165) is 18.4 Å². The van der Waals surface area contributed by atoms with Crippen LogP contribution in [-0.4, -0.2) is 48.0 Å². The number of carbonyl (C=O) groups excluding carboxylic acids is 2. The van der Waals surface area contributed by atoms with Crippen LogP contribution in [0.2, 0.25) is 0 Å². The van der Waals surface area contributed by atoms with Crippen molar-refractivity contribution < 1.29 is 14.6 Å². The molecular formula is C19H29N7O4. The first-order valence-corrected chi connectivity index (χ1v) is 10.0. The molecule has 2 rings (SSSR count). The number of hydrogen-bond acceptors (Lipinski definition) is 5. The topological polar surface area (TPSA) is 164 Å². The third kappa shape index (κ3) is 8.86. The van der Waals surface area contributed by atoms with Gasteiger partial charge in [-0.25, -0.2) is 10.1 Å². The van der Waals surface area contributed by atoms with Crippen molar-refractivity contribution in [1.82, 2.24) is 21.3 Å². The predicted molar refractivity (Wildman–Crippen MR) is 112 cm³/mol. The van der Waals surface area contributed by atoms with Gasteiger partial charge in [-0.1, -0.05) is 36.8 Å². The Balaban J connectivity index is 1.55. The van der Waals surface area contributed by atoms with Crippen molar-refractivity contribution in [2.45, 2.75) is 50.7 Å². The number of carbonyl (C=O) groups is 2. The Morgan fingerprint density at radius 3 is 2.70 bits per heavy atom. The van der Waals surface area contributed by atoms with Crippen LogP contribution in [0, 0.1) is 10.1 Å². The summed E-state index contributed by atoms with van der Waals surface area (Å²) in [5.74, 6) is -0.341. The highest BCUT2D eigenvalue weighted by molar-refractivity contribution is 5.82. The number of hydrogen-bond donors (Lipinski definition) is 5. The molecule has 1 aromatic carbocycles. The van der Waals surface area contributed by atoms with Crippen molar-refractivity contribution in [3.63, 3.8) is 0 Å². The van der Waals surface area contributed by atoms with Gasteiger partial charge in [-0.2, -0.15) is 0 Å². The van der Waals surface area contributed by atoms with Crippen LogP contribution < -0.4 is 27.0 Å². The number of guanidine groups is 1. The third-order valence-corrected chi connectivity index (χ3v) is 4.70. The second kappa shape index (κ2) is 12.4. The zero-order valence-corrected chi connectivity index (χ0v) is 16.8. The molecule has 1 saturated heterocycles. The van der Waals surface area contributed by atoms with E-state index < -0.39 is 5.03 Å². The SMILES string of the molecule is N/C(=N\[N+](=O)[O-])NCCCCCC(=O)NC1CNC(C(=O)NCc2ccccc2)C1. The van der Waals surface area contributed by atoms with Gasteiger partial charge in [0.15, 0.2) is 5.03 Å². The number of nitrogens with two attached hydrogens (primary N) is 1. The van der Waals surface area contributed by atoms with Crippen LogP contribution in [0.3, 0.4) is 0 Å². The Morgan fingerprint density at radius 2 is 1.97 bits per heavy atom. The molecule has 30 heavy (non-hydrogen) atoms. The Hall–Kier alpha value is -3.21. The average Bonchev–Trinajstić information content (AvgIpc) is 3.17. The van der Waals surface area contributed by atoms with Gasteiger partial charge in [-0.05, 0) is 24.8 Å². The zero-order chi connectivity index (χ0) is 21.8. The van der Waals surface area contributed by atoms with Crippen LogP contribution in [0.5, 0.6) is 0 Å². The summed E-state index contributed by atoms with van der Waals surface area (Å²) in [5, 5.41) is 23.9. The van der Waals surface area contributed by atoms with Crippen molar-refractivity contribution in [2.24, 2.45) is 10.8 Å². The number of amides is 2. The first-order valence-electron chi connectivity index (χ1n) is 10.0. The minimum absolute atomic E-state index is 0.0467. The normalized spacial score (nSPS) is 18.6. The second-order valence-corrected chi connectivity index (χ2v) is 7.12.